The minimum atomic E-state index is -0.655. The summed E-state index contributed by atoms with van der Waals surface area (Å²) in [5, 5.41) is 9.91. The third kappa shape index (κ3) is 2.80. The molecule has 1 heterocycles. The molecule has 4 nitrogen and oxygen atoms in total. The molecule has 0 radical (unpaired) electrons. The Morgan fingerprint density at radius 1 is 1.43 bits per heavy atom. The first kappa shape index (κ1) is 14.5. The van der Waals surface area contributed by atoms with Gasteiger partial charge in [0.15, 0.2) is 0 Å². The fourth-order valence-electron chi connectivity index (χ4n) is 3.65. The number of hydrogen-bond donors (Lipinski definition) is 1. The maximum absolute atomic E-state index is 13.9. The van der Waals surface area contributed by atoms with Gasteiger partial charge in [0.1, 0.15) is 5.82 Å². The lowest BCUT2D eigenvalue weighted by Crippen LogP contribution is -2.24. The Kier molecular flexibility index (Phi) is 3.95. The van der Waals surface area contributed by atoms with Crippen LogP contribution in [0.5, 0.6) is 0 Å². The number of rotatable bonds is 3. The molecule has 114 valence electrons. The molecule has 0 amide bonds. The number of esters is 1. The molecule has 2 aliphatic rings. The summed E-state index contributed by atoms with van der Waals surface area (Å²) < 4.78 is 18.4. The summed E-state index contributed by atoms with van der Waals surface area (Å²) in [5.41, 5.74) is 0.810. The van der Waals surface area contributed by atoms with Gasteiger partial charge in [0.25, 0.3) is 0 Å². The Morgan fingerprint density at radius 3 is 2.90 bits per heavy atom. The number of carbonyl (C=O) groups is 1. The number of likely N-dealkylation sites (tertiary alicyclic amines) is 1. The van der Waals surface area contributed by atoms with E-state index in [0.717, 1.165) is 31.5 Å². The molecule has 1 saturated heterocycles. The third-order valence-corrected chi connectivity index (χ3v) is 4.74. The van der Waals surface area contributed by atoms with Crippen molar-refractivity contribution in [1.82, 2.24) is 4.90 Å². The first-order valence-corrected chi connectivity index (χ1v) is 7.35. The summed E-state index contributed by atoms with van der Waals surface area (Å²) in [6.45, 7) is 2.48. The summed E-state index contributed by atoms with van der Waals surface area (Å²) in [6.07, 6.45) is 1.81. The molecule has 21 heavy (non-hydrogen) atoms. The molecule has 1 aromatic carbocycles. The van der Waals surface area contributed by atoms with Gasteiger partial charge in [-0.3, -0.25) is 4.90 Å². The second kappa shape index (κ2) is 5.73. The van der Waals surface area contributed by atoms with Crippen molar-refractivity contribution in [3.8, 4) is 0 Å². The topological polar surface area (TPSA) is 49.8 Å². The predicted octanol–water partition coefficient (Wildman–Crippen LogP) is 1.81. The van der Waals surface area contributed by atoms with Crippen LogP contribution in [-0.2, 0) is 11.3 Å². The number of halogens is 1. The highest BCUT2D eigenvalue weighted by Gasteiger charge is 2.41. The van der Waals surface area contributed by atoms with Crippen LogP contribution in [0, 0.1) is 17.7 Å². The van der Waals surface area contributed by atoms with E-state index in [0.29, 0.717) is 18.4 Å². The summed E-state index contributed by atoms with van der Waals surface area (Å²) in [4.78, 5) is 13.6. The zero-order chi connectivity index (χ0) is 15.0. The van der Waals surface area contributed by atoms with Gasteiger partial charge in [0.2, 0.25) is 0 Å². The van der Waals surface area contributed by atoms with E-state index in [9.17, 15) is 14.3 Å². The Bertz CT molecular complexity index is 548. The molecular weight excluding hydrogens is 273 g/mol. The lowest BCUT2D eigenvalue weighted by Gasteiger charge is -2.18. The Hall–Kier alpha value is -1.46. The molecule has 0 bridgehead atoms. The van der Waals surface area contributed by atoms with Crippen LogP contribution in [0.15, 0.2) is 18.2 Å². The molecule has 1 aliphatic heterocycles. The number of ether oxygens (including phenoxy) is 1. The van der Waals surface area contributed by atoms with E-state index in [-0.39, 0.29) is 11.7 Å². The monoisotopic (exact) mass is 293 g/mol. The molecule has 3 rings (SSSR count). The van der Waals surface area contributed by atoms with Crippen LogP contribution < -0.4 is 0 Å². The van der Waals surface area contributed by atoms with E-state index in [1.54, 1.807) is 6.07 Å². The van der Waals surface area contributed by atoms with Gasteiger partial charge in [-0.15, -0.1) is 0 Å². The number of hydrogen-bond acceptors (Lipinski definition) is 4. The van der Waals surface area contributed by atoms with Gasteiger partial charge in [0, 0.05) is 25.6 Å². The summed E-state index contributed by atoms with van der Waals surface area (Å²) >= 11 is 0. The SMILES string of the molecule is COC(=O)c1ccc(CN2CC3CCC(O)C3C2)cc1F. The van der Waals surface area contributed by atoms with Gasteiger partial charge in [0.05, 0.1) is 18.8 Å². The zero-order valence-electron chi connectivity index (χ0n) is 12.1. The number of fused-ring (bicyclic) bond motifs is 1. The zero-order valence-corrected chi connectivity index (χ0v) is 12.1. The van der Waals surface area contributed by atoms with Crippen molar-refractivity contribution in [2.75, 3.05) is 20.2 Å². The van der Waals surface area contributed by atoms with Gasteiger partial charge in [-0.2, -0.15) is 0 Å². The highest BCUT2D eigenvalue weighted by molar-refractivity contribution is 5.89. The minimum Gasteiger partial charge on any atom is -0.465 e. The van der Waals surface area contributed by atoms with Gasteiger partial charge in [-0.1, -0.05) is 6.07 Å². The van der Waals surface area contributed by atoms with Crippen LogP contribution >= 0.6 is 0 Å². The molecule has 0 aromatic heterocycles. The fourth-order valence-corrected chi connectivity index (χ4v) is 3.65. The van der Waals surface area contributed by atoms with Crippen molar-refractivity contribution in [3.63, 3.8) is 0 Å². The van der Waals surface area contributed by atoms with Crippen molar-refractivity contribution in [2.45, 2.75) is 25.5 Å². The maximum atomic E-state index is 13.9. The molecule has 2 fully saturated rings. The lowest BCUT2D eigenvalue weighted by molar-refractivity contribution is 0.0595. The first-order chi connectivity index (χ1) is 10.1. The van der Waals surface area contributed by atoms with Crippen molar-refractivity contribution in [3.05, 3.63) is 35.1 Å². The maximum Gasteiger partial charge on any atom is 0.340 e. The summed E-state index contributed by atoms with van der Waals surface area (Å²) in [5.74, 6) is -0.264. The van der Waals surface area contributed by atoms with Crippen molar-refractivity contribution < 1.29 is 19.0 Å². The molecule has 0 spiro atoms. The molecule has 5 heteroatoms. The normalized spacial score (nSPS) is 28.6. The van der Waals surface area contributed by atoms with Gasteiger partial charge < -0.3 is 9.84 Å². The van der Waals surface area contributed by atoms with Gasteiger partial charge >= 0.3 is 5.97 Å². The minimum absolute atomic E-state index is 0.0324. The summed E-state index contributed by atoms with van der Waals surface area (Å²) in [6, 6.07) is 4.64. The molecule has 3 unspecified atom stereocenters. The average Bonchev–Trinajstić information content (AvgIpc) is 3.00. The highest BCUT2D eigenvalue weighted by Crippen LogP contribution is 2.38. The van der Waals surface area contributed by atoms with Crippen LogP contribution in [-0.4, -0.2) is 42.3 Å². The molecule has 1 aliphatic carbocycles. The van der Waals surface area contributed by atoms with E-state index in [1.807, 2.05) is 0 Å². The molecule has 1 N–H and O–H groups in total. The van der Waals surface area contributed by atoms with E-state index >= 15 is 0 Å². The van der Waals surface area contributed by atoms with Crippen LogP contribution in [0.1, 0.15) is 28.8 Å². The number of methoxy groups -OCH3 is 1. The van der Waals surface area contributed by atoms with E-state index in [1.165, 1.54) is 19.2 Å². The number of aliphatic hydroxyl groups excluding tert-OH is 1. The molecular formula is C16H20FNO3. The smallest absolute Gasteiger partial charge is 0.340 e. The van der Waals surface area contributed by atoms with Crippen LogP contribution in [0.25, 0.3) is 0 Å². The number of aliphatic hydroxyl groups is 1. The standard InChI is InChI=1S/C16H20FNO3/c1-21-16(20)12-4-2-10(6-14(12)17)7-18-8-11-3-5-15(19)13(11)9-18/h2,4,6,11,13,15,19H,3,5,7-9H2,1H3. The Labute approximate surface area is 123 Å². The fraction of sp³-hybridized carbons (Fsp3) is 0.562. The number of nitrogens with zero attached hydrogens (tertiary/aromatic N) is 1. The van der Waals surface area contributed by atoms with E-state index < -0.39 is 11.8 Å². The van der Waals surface area contributed by atoms with Crippen LogP contribution in [0.3, 0.4) is 0 Å². The predicted molar refractivity (Wildman–Crippen MR) is 75.2 cm³/mol. The van der Waals surface area contributed by atoms with E-state index in [4.69, 9.17) is 0 Å². The van der Waals surface area contributed by atoms with Gasteiger partial charge in [-0.05, 0) is 36.5 Å². The number of benzene rings is 1. The molecule has 1 saturated carbocycles. The molecule has 3 atom stereocenters. The Morgan fingerprint density at radius 2 is 2.24 bits per heavy atom. The number of carbonyl (C=O) groups excluding carboxylic acids is 1. The van der Waals surface area contributed by atoms with Crippen molar-refractivity contribution in [2.24, 2.45) is 11.8 Å². The van der Waals surface area contributed by atoms with Gasteiger partial charge in [-0.25, -0.2) is 9.18 Å². The largest absolute Gasteiger partial charge is 0.465 e. The van der Waals surface area contributed by atoms with Crippen molar-refractivity contribution in [1.29, 1.82) is 0 Å². The average molecular weight is 293 g/mol. The highest BCUT2D eigenvalue weighted by atomic mass is 19.1. The second-order valence-electron chi connectivity index (χ2n) is 6.07. The van der Waals surface area contributed by atoms with Crippen LogP contribution in [0.2, 0.25) is 0 Å². The molecule has 1 aromatic rings. The lowest BCUT2D eigenvalue weighted by atomic mass is 10.00. The third-order valence-electron chi connectivity index (χ3n) is 4.74. The summed E-state index contributed by atoms with van der Waals surface area (Å²) in [7, 11) is 1.24. The van der Waals surface area contributed by atoms with Crippen LogP contribution in [0.4, 0.5) is 4.39 Å². The Balaban J connectivity index is 1.66. The quantitative estimate of drug-likeness (QED) is 0.864. The van der Waals surface area contributed by atoms with Crippen molar-refractivity contribution >= 4 is 5.97 Å². The first-order valence-electron chi connectivity index (χ1n) is 7.35. The van der Waals surface area contributed by atoms with E-state index in [2.05, 4.69) is 9.64 Å². The second-order valence-corrected chi connectivity index (χ2v) is 6.07.